The van der Waals surface area contributed by atoms with Gasteiger partial charge in [0.25, 0.3) is 0 Å². The molecule has 1 heterocycles. The molecular formula is C32H34F4N2O4. The predicted octanol–water partition coefficient (Wildman–Crippen LogP) is 8.49. The van der Waals surface area contributed by atoms with Gasteiger partial charge in [0.2, 0.25) is 0 Å². The van der Waals surface area contributed by atoms with Crippen LogP contribution in [-0.2, 0) is 34.5 Å². The second-order valence-corrected chi connectivity index (χ2v) is 10.5. The number of benzene rings is 3. The number of ether oxygens (including phenoxy) is 2. The van der Waals surface area contributed by atoms with Crippen LogP contribution in [0.15, 0.2) is 84.0 Å². The van der Waals surface area contributed by atoms with Crippen molar-refractivity contribution in [3.05, 3.63) is 112 Å². The van der Waals surface area contributed by atoms with Gasteiger partial charge in [0.15, 0.2) is 0 Å². The standard InChI is InChI=1S/C32H34F4N2O4/c1-3-29-28(37-40)14-15-31(26-12-8-5-9-13-26,38(29)30(39)41-20-23-10-6-4-7-11-23)21-42-22(2)25-16-24(19-33)17-27(18-25)32(34,35)36/h4-13,16-18,22,28-29H,3,14-15,19-21H2,1-2H3/t22-,28?,29-,31-/m1/s1. The number of nitroso groups, excluding NO2 is 1. The largest absolute Gasteiger partial charge is 0.445 e. The highest BCUT2D eigenvalue weighted by Crippen LogP contribution is 2.44. The highest BCUT2D eigenvalue weighted by Gasteiger charge is 2.52. The van der Waals surface area contributed by atoms with Gasteiger partial charge in [0.05, 0.1) is 29.9 Å². The number of amides is 1. The fourth-order valence-electron chi connectivity index (χ4n) is 5.68. The fourth-order valence-corrected chi connectivity index (χ4v) is 5.68. The summed E-state index contributed by atoms with van der Waals surface area (Å²) in [5.74, 6) is 0. The van der Waals surface area contributed by atoms with Gasteiger partial charge in [0, 0.05) is 0 Å². The van der Waals surface area contributed by atoms with Crippen molar-refractivity contribution in [3.63, 3.8) is 0 Å². The third-order valence-electron chi connectivity index (χ3n) is 7.90. The van der Waals surface area contributed by atoms with Crippen molar-refractivity contribution in [2.24, 2.45) is 5.18 Å². The molecule has 0 radical (unpaired) electrons. The highest BCUT2D eigenvalue weighted by molar-refractivity contribution is 5.70. The Balaban J connectivity index is 1.71. The van der Waals surface area contributed by atoms with Crippen LogP contribution in [-0.4, -0.2) is 29.7 Å². The van der Waals surface area contributed by atoms with Crippen molar-refractivity contribution >= 4 is 6.09 Å². The lowest BCUT2D eigenvalue weighted by atomic mass is 9.76. The Hall–Kier alpha value is -3.79. The van der Waals surface area contributed by atoms with Gasteiger partial charge < -0.3 is 9.47 Å². The maximum Gasteiger partial charge on any atom is 0.416 e. The SMILES string of the molecule is CC[C@@H]1C(N=O)CC[C@@](CO[C@H](C)c2cc(CF)cc(C(F)(F)F)c2)(c2ccccc2)N1C(=O)OCc1ccccc1. The molecule has 1 fully saturated rings. The van der Waals surface area contributed by atoms with E-state index in [1.807, 2.05) is 67.6 Å². The number of nitrogens with zero attached hydrogens (tertiary/aromatic N) is 2. The lowest BCUT2D eigenvalue weighted by Gasteiger charge is -2.52. The van der Waals surface area contributed by atoms with Gasteiger partial charge >= 0.3 is 12.3 Å². The van der Waals surface area contributed by atoms with Crippen LogP contribution in [0.5, 0.6) is 0 Å². The number of halogens is 4. The molecule has 0 saturated carbocycles. The van der Waals surface area contributed by atoms with Crippen molar-refractivity contribution in [1.82, 2.24) is 4.90 Å². The number of carbonyl (C=O) groups excluding carboxylic acids is 1. The van der Waals surface area contributed by atoms with E-state index < -0.39 is 48.2 Å². The zero-order valence-corrected chi connectivity index (χ0v) is 23.5. The Morgan fingerprint density at radius 1 is 1.05 bits per heavy atom. The average molecular weight is 587 g/mol. The van der Waals surface area contributed by atoms with Crippen molar-refractivity contribution in [2.75, 3.05) is 6.61 Å². The first-order valence-corrected chi connectivity index (χ1v) is 13.9. The van der Waals surface area contributed by atoms with Crippen LogP contribution in [0.1, 0.15) is 67.0 Å². The molecule has 0 aromatic heterocycles. The Morgan fingerprint density at radius 2 is 1.71 bits per heavy atom. The van der Waals surface area contributed by atoms with Gasteiger partial charge in [-0.25, -0.2) is 9.18 Å². The van der Waals surface area contributed by atoms with E-state index in [0.717, 1.165) is 23.3 Å². The van der Waals surface area contributed by atoms with Crippen LogP contribution >= 0.6 is 0 Å². The Morgan fingerprint density at radius 3 is 2.31 bits per heavy atom. The minimum atomic E-state index is -4.65. The quantitative estimate of drug-likeness (QED) is 0.176. The number of hydrogen-bond donors (Lipinski definition) is 0. The number of piperidine rings is 1. The minimum absolute atomic E-state index is 0.00413. The van der Waals surface area contributed by atoms with Crippen LogP contribution in [0.4, 0.5) is 22.4 Å². The molecule has 4 atom stereocenters. The van der Waals surface area contributed by atoms with Crippen molar-refractivity contribution in [3.8, 4) is 0 Å². The van der Waals surface area contributed by atoms with E-state index in [1.165, 1.54) is 11.0 Å². The van der Waals surface area contributed by atoms with Crippen LogP contribution in [0.25, 0.3) is 0 Å². The smallest absolute Gasteiger partial charge is 0.416 e. The lowest BCUT2D eigenvalue weighted by molar-refractivity contribution is -0.137. The molecule has 0 aliphatic carbocycles. The summed E-state index contributed by atoms with van der Waals surface area (Å²) < 4.78 is 66.1. The third-order valence-corrected chi connectivity index (χ3v) is 7.90. The maximum absolute atomic E-state index is 13.9. The van der Waals surface area contributed by atoms with Gasteiger partial charge in [-0.05, 0) is 60.6 Å². The molecule has 4 rings (SSSR count). The van der Waals surface area contributed by atoms with Crippen molar-refractivity contribution < 1.29 is 31.8 Å². The number of carbonyl (C=O) groups is 1. The molecule has 1 saturated heterocycles. The zero-order chi connectivity index (χ0) is 30.3. The summed E-state index contributed by atoms with van der Waals surface area (Å²) in [6.45, 7) is 2.28. The van der Waals surface area contributed by atoms with Crippen molar-refractivity contribution in [1.29, 1.82) is 0 Å². The summed E-state index contributed by atoms with van der Waals surface area (Å²) in [4.78, 5) is 27.3. The Kier molecular flexibility index (Phi) is 9.98. The first kappa shape index (κ1) is 31.2. The molecule has 10 heteroatoms. The Labute approximate surface area is 242 Å². The monoisotopic (exact) mass is 586 g/mol. The van der Waals surface area contributed by atoms with Crippen LogP contribution in [0.3, 0.4) is 0 Å². The molecule has 0 bridgehead atoms. The van der Waals surface area contributed by atoms with E-state index in [2.05, 4.69) is 5.18 Å². The molecule has 0 spiro atoms. The second kappa shape index (κ2) is 13.5. The molecular weight excluding hydrogens is 552 g/mol. The third kappa shape index (κ3) is 6.81. The average Bonchev–Trinajstić information content (AvgIpc) is 3.02. The molecule has 224 valence electrons. The summed E-state index contributed by atoms with van der Waals surface area (Å²) in [6, 6.07) is 20.1. The van der Waals surface area contributed by atoms with Gasteiger partial charge in [-0.3, -0.25) is 4.90 Å². The van der Waals surface area contributed by atoms with E-state index in [4.69, 9.17) is 9.47 Å². The summed E-state index contributed by atoms with van der Waals surface area (Å²) in [5, 5.41) is 3.32. The first-order valence-electron chi connectivity index (χ1n) is 13.9. The molecule has 3 aromatic carbocycles. The van der Waals surface area contributed by atoms with Gasteiger partial charge in [-0.1, -0.05) is 78.8 Å². The molecule has 3 aromatic rings. The zero-order valence-electron chi connectivity index (χ0n) is 23.5. The molecule has 42 heavy (non-hydrogen) atoms. The van der Waals surface area contributed by atoms with Gasteiger partial charge in [0.1, 0.15) is 19.3 Å². The molecule has 1 amide bonds. The lowest BCUT2D eigenvalue weighted by Crippen LogP contribution is -2.63. The minimum Gasteiger partial charge on any atom is -0.445 e. The Bertz CT molecular complexity index is 1340. The summed E-state index contributed by atoms with van der Waals surface area (Å²) in [7, 11) is 0. The molecule has 1 aliphatic heterocycles. The normalized spacial score (nSPS) is 21.5. The van der Waals surface area contributed by atoms with Crippen molar-refractivity contribution in [2.45, 2.75) is 76.3 Å². The van der Waals surface area contributed by atoms with Gasteiger partial charge in [-0.2, -0.15) is 18.1 Å². The van der Waals surface area contributed by atoms with E-state index in [-0.39, 0.29) is 24.3 Å². The fraction of sp³-hybridized carbons (Fsp3) is 0.406. The van der Waals surface area contributed by atoms with Crippen LogP contribution in [0.2, 0.25) is 0 Å². The van der Waals surface area contributed by atoms with E-state index >= 15 is 0 Å². The summed E-state index contributed by atoms with van der Waals surface area (Å²) in [6.07, 6.45) is -5.10. The number of alkyl halides is 4. The van der Waals surface area contributed by atoms with Gasteiger partial charge in [-0.15, -0.1) is 0 Å². The topological polar surface area (TPSA) is 68.2 Å². The van der Waals surface area contributed by atoms with E-state index in [9.17, 15) is 27.3 Å². The second-order valence-electron chi connectivity index (χ2n) is 10.5. The first-order chi connectivity index (χ1) is 20.1. The number of rotatable bonds is 10. The molecule has 0 N–H and O–H groups in total. The van der Waals surface area contributed by atoms with Crippen LogP contribution in [0, 0.1) is 4.91 Å². The predicted molar refractivity (Wildman–Crippen MR) is 150 cm³/mol. The summed E-state index contributed by atoms with van der Waals surface area (Å²) >= 11 is 0. The maximum atomic E-state index is 13.9. The molecule has 1 unspecified atom stereocenters. The molecule has 1 aliphatic rings. The number of likely N-dealkylation sites (tertiary alicyclic amines) is 1. The van der Waals surface area contributed by atoms with E-state index in [1.54, 1.807) is 6.92 Å². The number of hydrogen-bond acceptors (Lipinski definition) is 5. The summed E-state index contributed by atoms with van der Waals surface area (Å²) in [5.41, 5.74) is -0.516. The van der Waals surface area contributed by atoms with E-state index in [0.29, 0.717) is 19.3 Å². The molecule has 6 nitrogen and oxygen atoms in total. The highest BCUT2D eigenvalue weighted by atomic mass is 19.4. The van der Waals surface area contributed by atoms with Crippen LogP contribution < -0.4 is 0 Å².